The van der Waals surface area contributed by atoms with Gasteiger partial charge in [0, 0.05) is 16.1 Å². The Morgan fingerprint density at radius 2 is 1.42 bits per heavy atom. The lowest BCUT2D eigenvalue weighted by molar-refractivity contribution is 0.103. The Balaban J connectivity index is 1.67. The highest BCUT2D eigenvalue weighted by molar-refractivity contribution is 7.87. The van der Waals surface area contributed by atoms with Gasteiger partial charge in [-0.2, -0.15) is 8.42 Å². The Bertz CT molecular complexity index is 1170. The molecule has 0 unspecified atom stereocenters. The molecular formula is C23H20Cl2O5S. The summed E-state index contributed by atoms with van der Waals surface area (Å²) in [6.07, 6.45) is 0. The minimum absolute atomic E-state index is 0.0302. The van der Waals surface area contributed by atoms with Gasteiger partial charge in [-0.1, -0.05) is 37.0 Å². The molecule has 162 valence electrons. The number of rotatable bonds is 8. The van der Waals surface area contributed by atoms with Crippen LogP contribution in [0.4, 0.5) is 0 Å². The molecule has 0 aromatic heterocycles. The van der Waals surface area contributed by atoms with Crippen LogP contribution in [-0.2, 0) is 10.1 Å². The van der Waals surface area contributed by atoms with Crippen LogP contribution in [0.2, 0.25) is 10.0 Å². The summed E-state index contributed by atoms with van der Waals surface area (Å²) in [5.41, 5.74) is 0.765. The molecule has 0 saturated carbocycles. The second-order valence-electron chi connectivity index (χ2n) is 7.25. The molecule has 0 atom stereocenters. The van der Waals surface area contributed by atoms with Gasteiger partial charge in [-0.05, 0) is 72.6 Å². The van der Waals surface area contributed by atoms with Crippen molar-refractivity contribution >= 4 is 39.1 Å². The number of halogens is 2. The summed E-state index contributed by atoms with van der Waals surface area (Å²) >= 11 is 12.1. The first-order valence-electron chi connectivity index (χ1n) is 9.43. The van der Waals surface area contributed by atoms with Crippen LogP contribution < -0.4 is 8.92 Å². The van der Waals surface area contributed by atoms with Gasteiger partial charge >= 0.3 is 10.1 Å². The molecule has 0 N–H and O–H groups in total. The maximum Gasteiger partial charge on any atom is 0.309 e. The summed E-state index contributed by atoms with van der Waals surface area (Å²) in [4.78, 5) is 12.7. The average Bonchev–Trinajstić information content (AvgIpc) is 2.70. The van der Waals surface area contributed by atoms with Gasteiger partial charge in [0.05, 0.1) is 10.8 Å². The van der Waals surface area contributed by atoms with Crippen molar-refractivity contribution in [2.24, 2.45) is 5.92 Å². The summed E-state index contributed by atoms with van der Waals surface area (Å²) in [7, 11) is -3.64. The number of ketones is 1. The summed E-state index contributed by atoms with van der Waals surface area (Å²) in [6, 6.07) is 17.5. The van der Waals surface area contributed by atoms with Crippen molar-refractivity contribution in [3.63, 3.8) is 0 Å². The number of hydrogen-bond acceptors (Lipinski definition) is 5. The molecule has 0 bridgehead atoms. The zero-order valence-corrected chi connectivity index (χ0v) is 19.2. The van der Waals surface area contributed by atoms with E-state index in [0.29, 0.717) is 32.7 Å². The van der Waals surface area contributed by atoms with Crippen molar-refractivity contribution < 1.29 is 22.1 Å². The zero-order valence-electron chi connectivity index (χ0n) is 16.8. The summed E-state index contributed by atoms with van der Waals surface area (Å²) in [5, 5.41) is 0.754. The van der Waals surface area contributed by atoms with Crippen LogP contribution >= 0.6 is 23.2 Å². The topological polar surface area (TPSA) is 69.7 Å². The molecule has 0 aliphatic carbocycles. The van der Waals surface area contributed by atoms with Gasteiger partial charge in [0.1, 0.15) is 17.2 Å². The Morgan fingerprint density at radius 1 is 0.871 bits per heavy atom. The normalized spacial score (nSPS) is 11.4. The molecule has 0 heterocycles. The lowest BCUT2D eigenvalue weighted by Crippen LogP contribution is -2.17. The lowest BCUT2D eigenvalue weighted by atomic mass is 10.0. The van der Waals surface area contributed by atoms with Crippen LogP contribution in [0.5, 0.6) is 17.2 Å². The highest BCUT2D eigenvalue weighted by Crippen LogP contribution is 2.27. The molecule has 5 nitrogen and oxygen atoms in total. The predicted molar refractivity (Wildman–Crippen MR) is 122 cm³/mol. The van der Waals surface area contributed by atoms with Gasteiger partial charge in [0.2, 0.25) is 0 Å². The van der Waals surface area contributed by atoms with Crippen molar-refractivity contribution in [3.05, 3.63) is 87.9 Å². The minimum atomic E-state index is -3.64. The van der Waals surface area contributed by atoms with E-state index in [4.69, 9.17) is 32.1 Å². The van der Waals surface area contributed by atoms with E-state index < -0.39 is 10.1 Å². The first-order valence-corrected chi connectivity index (χ1v) is 11.8. The fourth-order valence-electron chi connectivity index (χ4n) is 2.79. The monoisotopic (exact) mass is 478 g/mol. The lowest BCUT2D eigenvalue weighted by Gasteiger charge is -2.10. The molecule has 0 saturated heterocycles. The second-order valence-corrected chi connectivity index (χ2v) is 9.71. The fourth-order valence-corrected chi connectivity index (χ4v) is 4.45. The number of benzene rings is 3. The molecule has 0 spiro atoms. The first-order chi connectivity index (χ1) is 14.6. The van der Waals surface area contributed by atoms with Gasteiger partial charge in [-0.25, -0.2) is 0 Å². The molecule has 3 aromatic carbocycles. The Hall–Kier alpha value is -2.54. The van der Waals surface area contributed by atoms with E-state index in [1.54, 1.807) is 62.4 Å². The van der Waals surface area contributed by atoms with Crippen molar-refractivity contribution in [2.75, 3.05) is 5.75 Å². The summed E-state index contributed by atoms with van der Waals surface area (Å²) in [5.74, 6) is 0.879. The highest BCUT2D eigenvalue weighted by atomic mass is 35.5. The van der Waals surface area contributed by atoms with Gasteiger partial charge in [-0.3, -0.25) is 4.79 Å². The fraction of sp³-hybridized carbons (Fsp3) is 0.174. The van der Waals surface area contributed by atoms with Crippen LogP contribution in [-0.4, -0.2) is 20.0 Å². The minimum Gasteiger partial charge on any atom is -0.457 e. The van der Waals surface area contributed by atoms with Crippen LogP contribution in [0.3, 0.4) is 0 Å². The van der Waals surface area contributed by atoms with Gasteiger partial charge in [-0.15, -0.1) is 0 Å². The van der Waals surface area contributed by atoms with E-state index in [1.165, 1.54) is 18.2 Å². The standard InChI is InChI=1S/C23H20Cl2O5S/c1-15(2)14-31(27,28)30-20-10-8-19(9-11-20)29-18-6-3-16(4-7-18)23(26)21-13-17(24)5-12-22(21)25/h3-13,15H,14H2,1-2H3. The quantitative estimate of drug-likeness (QED) is 0.277. The van der Waals surface area contributed by atoms with Crippen molar-refractivity contribution in [3.8, 4) is 17.2 Å². The Labute approximate surface area is 191 Å². The van der Waals surface area contributed by atoms with E-state index in [9.17, 15) is 13.2 Å². The molecule has 0 amide bonds. The molecule has 8 heteroatoms. The van der Waals surface area contributed by atoms with Gasteiger partial charge < -0.3 is 8.92 Å². The smallest absolute Gasteiger partial charge is 0.309 e. The highest BCUT2D eigenvalue weighted by Gasteiger charge is 2.16. The predicted octanol–water partition coefficient (Wildman–Crippen LogP) is 6.38. The molecular weight excluding hydrogens is 459 g/mol. The van der Waals surface area contributed by atoms with Crippen molar-refractivity contribution in [1.29, 1.82) is 0 Å². The van der Waals surface area contributed by atoms with Crippen molar-refractivity contribution in [1.82, 2.24) is 0 Å². The SMILES string of the molecule is CC(C)CS(=O)(=O)Oc1ccc(Oc2ccc(C(=O)c3cc(Cl)ccc3Cl)cc2)cc1. The molecule has 3 aromatic rings. The Morgan fingerprint density at radius 3 is 2.00 bits per heavy atom. The third-order valence-corrected chi connectivity index (χ3v) is 6.20. The third kappa shape index (κ3) is 6.47. The van der Waals surface area contributed by atoms with E-state index in [-0.39, 0.29) is 23.2 Å². The summed E-state index contributed by atoms with van der Waals surface area (Å²) < 4.78 is 34.7. The number of hydrogen-bond donors (Lipinski definition) is 0. The molecule has 0 aliphatic rings. The van der Waals surface area contributed by atoms with Crippen LogP contribution in [0.1, 0.15) is 29.8 Å². The van der Waals surface area contributed by atoms with E-state index in [1.807, 2.05) is 0 Å². The maximum absolute atomic E-state index is 12.7. The molecule has 31 heavy (non-hydrogen) atoms. The summed E-state index contributed by atoms with van der Waals surface area (Å²) in [6.45, 7) is 3.61. The molecule has 0 fully saturated rings. The second kappa shape index (κ2) is 9.73. The van der Waals surface area contributed by atoms with Crippen LogP contribution in [0.25, 0.3) is 0 Å². The molecule has 3 rings (SSSR count). The van der Waals surface area contributed by atoms with Gasteiger partial charge in [0.15, 0.2) is 5.78 Å². The van der Waals surface area contributed by atoms with E-state index in [2.05, 4.69) is 0 Å². The zero-order chi connectivity index (χ0) is 22.6. The van der Waals surface area contributed by atoms with Crippen LogP contribution in [0.15, 0.2) is 66.7 Å². The largest absolute Gasteiger partial charge is 0.457 e. The molecule has 0 aliphatic heterocycles. The number of ether oxygens (including phenoxy) is 1. The Kier molecular flexibility index (Phi) is 7.26. The first kappa shape index (κ1) is 23.1. The van der Waals surface area contributed by atoms with Gasteiger partial charge in [0.25, 0.3) is 0 Å². The van der Waals surface area contributed by atoms with Crippen LogP contribution in [0, 0.1) is 5.92 Å². The molecule has 0 radical (unpaired) electrons. The third-order valence-electron chi connectivity index (χ3n) is 4.11. The van der Waals surface area contributed by atoms with Crippen molar-refractivity contribution in [2.45, 2.75) is 13.8 Å². The number of carbonyl (C=O) groups is 1. The van der Waals surface area contributed by atoms with E-state index >= 15 is 0 Å². The maximum atomic E-state index is 12.7. The average molecular weight is 479 g/mol. The number of carbonyl (C=O) groups excluding carboxylic acids is 1. The van der Waals surface area contributed by atoms with E-state index in [0.717, 1.165) is 0 Å².